The first-order valence-corrected chi connectivity index (χ1v) is 6.50. The molecule has 0 saturated carbocycles. The second-order valence-corrected chi connectivity index (χ2v) is 4.55. The molecule has 0 saturated heterocycles. The van der Waals surface area contributed by atoms with Gasteiger partial charge in [0, 0.05) is 0 Å². The van der Waals surface area contributed by atoms with E-state index in [-0.39, 0.29) is 5.84 Å². The van der Waals surface area contributed by atoms with E-state index in [0.29, 0.717) is 11.3 Å². The highest BCUT2D eigenvalue weighted by molar-refractivity contribution is 5.99. The van der Waals surface area contributed by atoms with Gasteiger partial charge >= 0.3 is 0 Å². The van der Waals surface area contributed by atoms with E-state index >= 15 is 0 Å². The Balaban J connectivity index is 2.43. The Labute approximate surface area is 118 Å². The molecular formula is C16H18N2O2. The first-order valence-electron chi connectivity index (χ1n) is 6.50. The molecular weight excluding hydrogens is 252 g/mol. The minimum atomic E-state index is 0.0395. The lowest BCUT2D eigenvalue weighted by molar-refractivity contribution is 0.318. The lowest BCUT2D eigenvalue weighted by Gasteiger charge is -2.13. The SMILES string of the molecule is CCc1ccccc1Oc1ccc(C)cc1/C(N)=N/O. The zero-order chi connectivity index (χ0) is 14.5. The van der Waals surface area contributed by atoms with E-state index < -0.39 is 0 Å². The molecule has 0 fully saturated rings. The predicted octanol–water partition coefficient (Wildman–Crippen LogP) is 3.44. The van der Waals surface area contributed by atoms with Gasteiger partial charge in [0.25, 0.3) is 0 Å². The Morgan fingerprint density at radius 3 is 2.65 bits per heavy atom. The normalized spacial score (nSPS) is 11.4. The molecule has 0 spiro atoms. The third kappa shape index (κ3) is 2.91. The van der Waals surface area contributed by atoms with Crippen molar-refractivity contribution < 1.29 is 9.94 Å². The lowest BCUT2D eigenvalue weighted by atomic mass is 10.1. The summed E-state index contributed by atoms with van der Waals surface area (Å²) < 4.78 is 5.94. The number of nitrogens with two attached hydrogens (primary N) is 1. The maximum absolute atomic E-state index is 8.88. The summed E-state index contributed by atoms with van der Waals surface area (Å²) in [7, 11) is 0. The molecule has 2 aromatic rings. The molecule has 0 aromatic heterocycles. The number of benzene rings is 2. The van der Waals surface area contributed by atoms with E-state index in [4.69, 9.17) is 15.7 Å². The highest BCUT2D eigenvalue weighted by atomic mass is 16.5. The summed E-state index contributed by atoms with van der Waals surface area (Å²) in [6.07, 6.45) is 0.876. The summed E-state index contributed by atoms with van der Waals surface area (Å²) in [6, 6.07) is 13.4. The number of oxime groups is 1. The Hall–Kier alpha value is -2.49. The van der Waals surface area contributed by atoms with Gasteiger partial charge in [-0.2, -0.15) is 0 Å². The topological polar surface area (TPSA) is 67.8 Å². The van der Waals surface area contributed by atoms with Crippen LogP contribution in [0.2, 0.25) is 0 Å². The van der Waals surface area contributed by atoms with Gasteiger partial charge in [-0.1, -0.05) is 41.9 Å². The van der Waals surface area contributed by atoms with Crippen molar-refractivity contribution in [2.45, 2.75) is 20.3 Å². The molecule has 0 bridgehead atoms. The van der Waals surface area contributed by atoms with Crippen LogP contribution in [0.5, 0.6) is 11.5 Å². The molecule has 20 heavy (non-hydrogen) atoms. The molecule has 2 aromatic carbocycles. The third-order valence-electron chi connectivity index (χ3n) is 3.09. The van der Waals surface area contributed by atoms with Crippen LogP contribution in [0.4, 0.5) is 0 Å². The molecule has 0 aliphatic rings. The van der Waals surface area contributed by atoms with E-state index in [1.165, 1.54) is 0 Å². The summed E-state index contributed by atoms with van der Waals surface area (Å²) >= 11 is 0. The number of ether oxygens (including phenoxy) is 1. The molecule has 0 aliphatic heterocycles. The van der Waals surface area contributed by atoms with Crippen molar-refractivity contribution in [1.29, 1.82) is 0 Å². The second kappa shape index (κ2) is 6.10. The minimum absolute atomic E-state index is 0.0395. The van der Waals surface area contributed by atoms with E-state index in [9.17, 15) is 0 Å². The average Bonchev–Trinajstić information content (AvgIpc) is 2.48. The first kappa shape index (κ1) is 13.9. The van der Waals surface area contributed by atoms with Gasteiger partial charge < -0.3 is 15.7 Å². The molecule has 3 N–H and O–H groups in total. The number of para-hydroxylation sites is 1. The van der Waals surface area contributed by atoms with Gasteiger partial charge in [-0.3, -0.25) is 0 Å². The average molecular weight is 270 g/mol. The largest absolute Gasteiger partial charge is 0.456 e. The summed E-state index contributed by atoms with van der Waals surface area (Å²) in [5.74, 6) is 1.40. The van der Waals surface area contributed by atoms with Crippen LogP contribution in [-0.2, 0) is 6.42 Å². The molecule has 2 rings (SSSR count). The maximum Gasteiger partial charge on any atom is 0.173 e. The highest BCUT2D eigenvalue weighted by Gasteiger charge is 2.11. The van der Waals surface area contributed by atoms with E-state index in [2.05, 4.69) is 12.1 Å². The highest BCUT2D eigenvalue weighted by Crippen LogP contribution is 2.29. The van der Waals surface area contributed by atoms with Crippen molar-refractivity contribution in [2.75, 3.05) is 0 Å². The molecule has 0 unspecified atom stereocenters. The number of rotatable bonds is 4. The summed E-state index contributed by atoms with van der Waals surface area (Å²) in [5, 5.41) is 11.9. The molecule has 0 amide bonds. The predicted molar refractivity (Wildman–Crippen MR) is 79.6 cm³/mol. The van der Waals surface area contributed by atoms with E-state index in [1.807, 2.05) is 49.4 Å². The standard InChI is InChI=1S/C16H18N2O2/c1-3-12-6-4-5-7-14(12)20-15-9-8-11(2)10-13(15)16(17)18-19/h4-10,19H,3H2,1-2H3,(H2,17,18). The van der Waals surface area contributed by atoms with Crippen molar-refractivity contribution in [1.82, 2.24) is 0 Å². The van der Waals surface area contributed by atoms with Crippen molar-refractivity contribution in [3.8, 4) is 11.5 Å². The van der Waals surface area contributed by atoms with Crippen LogP contribution < -0.4 is 10.5 Å². The summed E-state index contributed by atoms with van der Waals surface area (Å²) in [5.41, 5.74) is 8.42. The van der Waals surface area contributed by atoms with Crippen LogP contribution >= 0.6 is 0 Å². The van der Waals surface area contributed by atoms with E-state index in [0.717, 1.165) is 23.3 Å². The van der Waals surface area contributed by atoms with Crippen LogP contribution in [0.3, 0.4) is 0 Å². The fourth-order valence-corrected chi connectivity index (χ4v) is 2.00. The van der Waals surface area contributed by atoms with Gasteiger partial charge in [0.1, 0.15) is 11.5 Å². The summed E-state index contributed by atoms with van der Waals surface area (Å²) in [6.45, 7) is 4.01. The number of amidine groups is 1. The third-order valence-corrected chi connectivity index (χ3v) is 3.09. The smallest absolute Gasteiger partial charge is 0.173 e. The van der Waals surface area contributed by atoms with Gasteiger partial charge in [-0.05, 0) is 37.1 Å². The van der Waals surface area contributed by atoms with Crippen molar-refractivity contribution in [3.63, 3.8) is 0 Å². The molecule has 4 heteroatoms. The zero-order valence-corrected chi connectivity index (χ0v) is 11.6. The fraction of sp³-hybridized carbons (Fsp3) is 0.188. The van der Waals surface area contributed by atoms with Crippen LogP contribution in [-0.4, -0.2) is 11.0 Å². The van der Waals surface area contributed by atoms with Gasteiger partial charge in [-0.25, -0.2) is 0 Å². The molecule has 0 aliphatic carbocycles. The Morgan fingerprint density at radius 1 is 1.20 bits per heavy atom. The zero-order valence-electron chi connectivity index (χ0n) is 11.6. The monoisotopic (exact) mass is 270 g/mol. The van der Waals surface area contributed by atoms with Crippen LogP contribution in [0.15, 0.2) is 47.6 Å². The minimum Gasteiger partial charge on any atom is -0.456 e. The molecule has 104 valence electrons. The van der Waals surface area contributed by atoms with Crippen LogP contribution in [0, 0.1) is 6.92 Å². The molecule has 4 nitrogen and oxygen atoms in total. The fourth-order valence-electron chi connectivity index (χ4n) is 2.00. The van der Waals surface area contributed by atoms with Crippen molar-refractivity contribution in [3.05, 3.63) is 59.2 Å². The van der Waals surface area contributed by atoms with E-state index in [1.54, 1.807) is 0 Å². The Morgan fingerprint density at radius 2 is 1.95 bits per heavy atom. The number of nitrogens with zero attached hydrogens (tertiary/aromatic N) is 1. The Bertz CT molecular complexity index is 636. The lowest BCUT2D eigenvalue weighted by Crippen LogP contribution is -2.14. The van der Waals surface area contributed by atoms with Crippen molar-refractivity contribution >= 4 is 5.84 Å². The molecule has 0 radical (unpaired) electrons. The molecule has 0 atom stereocenters. The molecule has 0 heterocycles. The number of hydrogen-bond donors (Lipinski definition) is 2. The first-order chi connectivity index (χ1) is 9.65. The van der Waals surface area contributed by atoms with Crippen LogP contribution in [0.1, 0.15) is 23.6 Å². The second-order valence-electron chi connectivity index (χ2n) is 4.55. The summed E-state index contributed by atoms with van der Waals surface area (Å²) in [4.78, 5) is 0. The maximum atomic E-state index is 8.88. The quantitative estimate of drug-likeness (QED) is 0.387. The Kier molecular flexibility index (Phi) is 4.25. The van der Waals surface area contributed by atoms with Crippen molar-refractivity contribution in [2.24, 2.45) is 10.9 Å². The van der Waals surface area contributed by atoms with Gasteiger partial charge in [0.15, 0.2) is 5.84 Å². The number of aryl methyl sites for hydroxylation is 2. The van der Waals surface area contributed by atoms with Gasteiger partial charge in [-0.15, -0.1) is 0 Å². The van der Waals surface area contributed by atoms with Crippen LogP contribution in [0.25, 0.3) is 0 Å². The van der Waals surface area contributed by atoms with Gasteiger partial charge in [0.05, 0.1) is 5.56 Å². The van der Waals surface area contributed by atoms with Gasteiger partial charge in [0.2, 0.25) is 0 Å². The number of hydrogen-bond acceptors (Lipinski definition) is 3.